The minimum absolute atomic E-state index is 0.0124. The highest BCUT2D eigenvalue weighted by molar-refractivity contribution is 9.10. The van der Waals surface area contributed by atoms with Gasteiger partial charge in [-0.05, 0) is 30.3 Å². The van der Waals surface area contributed by atoms with Gasteiger partial charge in [0.15, 0.2) is 0 Å². The van der Waals surface area contributed by atoms with Crippen molar-refractivity contribution in [2.24, 2.45) is 0 Å². The van der Waals surface area contributed by atoms with Crippen LogP contribution >= 0.6 is 15.9 Å². The van der Waals surface area contributed by atoms with Crippen molar-refractivity contribution in [3.8, 4) is 0 Å². The first-order valence-electron chi connectivity index (χ1n) is 8.18. The molecule has 0 bridgehead atoms. The van der Waals surface area contributed by atoms with Crippen LogP contribution < -0.4 is 16.2 Å². The monoisotopic (exact) mass is 473 g/mol. The Morgan fingerprint density at radius 3 is 2.33 bits per heavy atom. The van der Waals surface area contributed by atoms with E-state index in [9.17, 15) is 25.0 Å². The fraction of sp³-hybridized carbons (Fsp3) is 0. The van der Waals surface area contributed by atoms with Gasteiger partial charge in [0.2, 0.25) is 11.6 Å². The van der Waals surface area contributed by atoms with Crippen molar-refractivity contribution in [2.75, 3.05) is 10.7 Å². The van der Waals surface area contributed by atoms with Gasteiger partial charge in [0, 0.05) is 27.9 Å². The molecule has 152 valence electrons. The average Bonchev–Trinajstić information content (AvgIpc) is 2.73. The highest BCUT2D eigenvalue weighted by Crippen LogP contribution is 2.31. The van der Waals surface area contributed by atoms with Crippen LogP contribution in [0.25, 0.3) is 0 Å². The summed E-state index contributed by atoms with van der Waals surface area (Å²) in [6.45, 7) is 0. The number of aromatic nitrogens is 2. The molecule has 3 N–H and O–H groups in total. The van der Waals surface area contributed by atoms with E-state index in [0.29, 0.717) is 5.69 Å². The first-order chi connectivity index (χ1) is 14.3. The second-order valence-electron chi connectivity index (χ2n) is 5.70. The third kappa shape index (κ3) is 4.82. The summed E-state index contributed by atoms with van der Waals surface area (Å²) in [5, 5.41) is 25.2. The predicted octanol–water partition coefficient (Wildman–Crippen LogP) is 3.56. The van der Waals surface area contributed by atoms with Crippen molar-refractivity contribution in [1.29, 1.82) is 0 Å². The molecule has 0 radical (unpaired) electrons. The number of nitro benzene ring substituents is 1. The van der Waals surface area contributed by atoms with Crippen LogP contribution in [0.2, 0.25) is 0 Å². The standard InChI is InChI=1S/C17H12BrN7O5/c18-11-4-6-12(7-5-11)21-15-14(25(29)30)16(20-9-19-15)22-23-17(26)10-2-1-3-13(8-10)24(27)28/h1-9H,(H,23,26)(H2,19,20,21,22). The zero-order valence-corrected chi connectivity index (χ0v) is 16.5. The van der Waals surface area contributed by atoms with E-state index in [4.69, 9.17) is 0 Å². The summed E-state index contributed by atoms with van der Waals surface area (Å²) in [4.78, 5) is 41.0. The second-order valence-corrected chi connectivity index (χ2v) is 6.61. The van der Waals surface area contributed by atoms with Gasteiger partial charge in [0.25, 0.3) is 11.6 Å². The molecule has 3 aromatic rings. The molecule has 12 nitrogen and oxygen atoms in total. The number of non-ortho nitro benzene ring substituents is 1. The van der Waals surface area contributed by atoms with Gasteiger partial charge in [-0.3, -0.25) is 35.9 Å². The molecule has 2 aromatic carbocycles. The summed E-state index contributed by atoms with van der Waals surface area (Å²) in [5.74, 6) is -1.10. The molecule has 0 fully saturated rings. The molecular weight excluding hydrogens is 462 g/mol. The number of carbonyl (C=O) groups is 1. The van der Waals surface area contributed by atoms with Gasteiger partial charge in [-0.15, -0.1) is 0 Å². The zero-order chi connectivity index (χ0) is 21.7. The molecule has 1 aromatic heterocycles. The molecule has 0 atom stereocenters. The Morgan fingerprint density at radius 2 is 1.67 bits per heavy atom. The number of nitrogens with zero attached hydrogens (tertiary/aromatic N) is 4. The average molecular weight is 474 g/mol. The summed E-state index contributed by atoms with van der Waals surface area (Å²) in [5.41, 5.74) is 4.37. The number of hydrazine groups is 1. The van der Waals surface area contributed by atoms with Crippen LogP contribution in [0.5, 0.6) is 0 Å². The van der Waals surface area contributed by atoms with E-state index in [-0.39, 0.29) is 22.9 Å². The van der Waals surface area contributed by atoms with Crippen molar-refractivity contribution < 1.29 is 14.6 Å². The fourth-order valence-corrected chi connectivity index (χ4v) is 2.62. The Balaban J connectivity index is 1.81. The molecule has 30 heavy (non-hydrogen) atoms. The van der Waals surface area contributed by atoms with Crippen LogP contribution in [0.1, 0.15) is 10.4 Å². The van der Waals surface area contributed by atoms with Crippen LogP contribution in [0, 0.1) is 20.2 Å². The smallest absolute Gasteiger partial charge is 0.334 e. The molecule has 0 spiro atoms. The second kappa shape index (κ2) is 8.91. The number of nitro groups is 2. The van der Waals surface area contributed by atoms with Crippen LogP contribution in [0.3, 0.4) is 0 Å². The number of hydrogen-bond acceptors (Lipinski definition) is 9. The van der Waals surface area contributed by atoms with Gasteiger partial charge in [0.1, 0.15) is 6.33 Å². The number of carbonyl (C=O) groups excluding carboxylic acids is 1. The third-order valence-electron chi connectivity index (χ3n) is 3.73. The Morgan fingerprint density at radius 1 is 0.967 bits per heavy atom. The molecule has 0 aliphatic rings. The first kappa shape index (κ1) is 20.6. The van der Waals surface area contributed by atoms with Crippen LogP contribution in [0.4, 0.5) is 28.7 Å². The SMILES string of the molecule is O=C(NNc1ncnc(Nc2ccc(Br)cc2)c1[N+](=O)[O-])c1cccc([N+](=O)[O-])c1. The Bertz CT molecular complexity index is 1120. The number of amides is 1. The number of nitrogens with one attached hydrogen (secondary N) is 3. The number of benzene rings is 2. The molecule has 0 aliphatic heterocycles. The molecule has 0 aliphatic carbocycles. The summed E-state index contributed by atoms with van der Waals surface area (Å²) in [6, 6.07) is 11.9. The van der Waals surface area contributed by atoms with Gasteiger partial charge in [0.05, 0.1) is 9.85 Å². The van der Waals surface area contributed by atoms with E-state index < -0.39 is 21.4 Å². The molecule has 13 heteroatoms. The van der Waals surface area contributed by atoms with Gasteiger partial charge >= 0.3 is 5.69 Å². The third-order valence-corrected chi connectivity index (χ3v) is 4.25. The van der Waals surface area contributed by atoms with E-state index >= 15 is 0 Å². The van der Waals surface area contributed by atoms with E-state index in [1.807, 2.05) is 0 Å². The molecule has 1 heterocycles. The lowest BCUT2D eigenvalue weighted by atomic mass is 10.2. The quantitative estimate of drug-likeness (QED) is 0.343. The predicted molar refractivity (Wildman–Crippen MR) is 110 cm³/mol. The van der Waals surface area contributed by atoms with Crippen molar-refractivity contribution >= 4 is 50.5 Å². The van der Waals surface area contributed by atoms with E-state index in [1.54, 1.807) is 24.3 Å². The lowest BCUT2D eigenvalue weighted by Gasteiger charge is -2.11. The minimum Gasteiger partial charge on any atom is -0.334 e. The van der Waals surface area contributed by atoms with Crippen LogP contribution in [-0.4, -0.2) is 25.7 Å². The maximum absolute atomic E-state index is 12.3. The van der Waals surface area contributed by atoms with E-state index in [1.165, 1.54) is 18.2 Å². The molecule has 0 unspecified atom stereocenters. The topological polar surface area (TPSA) is 165 Å². The Labute approximate surface area is 176 Å². The lowest BCUT2D eigenvalue weighted by molar-refractivity contribution is -0.384. The summed E-state index contributed by atoms with van der Waals surface area (Å²) >= 11 is 3.30. The van der Waals surface area contributed by atoms with E-state index in [0.717, 1.165) is 16.9 Å². The number of anilines is 3. The van der Waals surface area contributed by atoms with Gasteiger partial charge in [-0.2, -0.15) is 0 Å². The Hall–Kier alpha value is -4.13. The summed E-state index contributed by atoms with van der Waals surface area (Å²) < 4.78 is 0.830. The molecule has 3 rings (SSSR count). The number of rotatable bonds is 7. The van der Waals surface area contributed by atoms with Crippen molar-refractivity contribution in [1.82, 2.24) is 15.4 Å². The largest absolute Gasteiger partial charge is 0.355 e. The normalized spacial score (nSPS) is 10.2. The zero-order valence-electron chi connectivity index (χ0n) is 14.9. The van der Waals surface area contributed by atoms with E-state index in [2.05, 4.69) is 42.1 Å². The number of halogens is 1. The number of hydrogen-bond donors (Lipinski definition) is 3. The van der Waals surface area contributed by atoms with Crippen molar-refractivity contribution in [2.45, 2.75) is 0 Å². The molecule has 0 saturated carbocycles. The highest BCUT2D eigenvalue weighted by Gasteiger charge is 2.24. The van der Waals surface area contributed by atoms with Gasteiger partial charge in [-0.25, -0.2) is 9.97 Å². The maximum Gasteiger partial charge on any atom is 0.355 e. The van der Waals surface area contributed by atoms with Gasteiger partial charge in [-0.1, -0.05) is 22.0 Å². The van der Waals surface area contributed by atoms with Crippen molar-refractivity contribution in [3.05, 3.63) is 85.1 Å². The molecular formula is C17H12BrN7O5. The lowest BCUT2D eigenvalue weighted by Crippen LogP contribution is -2.30. The molecule has 1 amide bonds. The summed E-state index contributed by atoms with van der Waals surface area (Å²) in [7, 11) is 0. The maximum atomic E-state index is 12.3. The Kier molecular flexibility index (Phi) is 6.12. The minimum atomic E-state index is -0.742. The van der Waals surface area contributed by atoms with Crippen LogP contribution in [-0.2, 0) is 0 Å². The first-order valence-corrected chi connectivity index (χ1v) is 8.97. The highest BCUT2D eigenvalue weighted by atomic mass is 79.9. The van der Waals surface area contributed by atoms with Crippen molar-refractivity contribution in [3.63, 3.8) is 0 Å². The summed E-state index contributed by atoms with van der Waals surface area (Å²) in [6.07, 6.45) is 1.08. The van der Waals surface area contributed by atoms with Gasteiger partial charge < -0.3 is 5.32 Å². The van der Waals surface area contributed by atoms with Crippen LogP contribution in [0.15, 0.2) is 59.3 Å². The molecule has 0 saturated heterocycles. The fourth-order valence-electron chi connectivity index (χ4n) is 2.35.